The molecular weight excluding hydrogens is 482 g/mol. The van der Waals surface area contributed by atoms with Crippen molar-refractivity contribution in [1.29, 1.82) is 0 Å². The Bertz CT molecular complexity index is 1250. The maximum absolute atomic E-state index is 13.1. The Balaban J connectivity index is 1.07. The molecule has 1 saturated carbocycles. The summed E-state index contributed by atoms with van der Waals surface area (Å²) in [4.78, 5) is 17.7. The molecule has 35 heavy (non-hydrogen) atoms. The van der Waals surface area contributed by atoms with E-state index in [9.17, 15) is 13.2 Å². The molecule has 8 nitrogen and oxygen atoms in total. The zero-order chi connectivity index (χ0) is 24.3. The van der Waals surface area contributed by atoms with Gasteiger partial charge in [0.2, 0.25) is 15.9 Å². The van der Waals surface area contributed by atoms with Crippen LogP contribution in [0.5, 0.6) is 0 Å². The van der Waals surface area contributed by atoms with Crippen LogP contribution in [0.1, 0.15) is 31.2 Å². The summed E-state index contributed by atoms with van der Waals surface area (Å²) in [5.41, 5.74) is 2.32. The SMILES string of the molecule is O=C(C1CCC(CNS(=O)(=O)c2cccc3nsnc23)CC1)N1CCN(Cc2ccccc2)CC1. The highest BCUT2D eigenvalue weighted by Gasteiger charge is 2.32. The predicted octanol–water partition coefficient (Wildman–Crippen LogP) is 3.12. The fourth-order valence-corrected chi connectivity index (χ4v) is 7.02. The maximum atomic E-state index is 13.1. The number of hydrogen-bond donors (Lipinski definition) is 1. The number of carbonyl (C=O) groups excluding carboxylic acids is 1. The first-order valence-corrected chi connectivity index (χ1v) is 14.5. The van der Waals surface area contributed by atoms with Crippen molar-refractivity contribution in [3.05, 3.63) is 54.1 Å². The van der Waals surface area contributed by atoms with Gasteiger partial charge in [-0.1, -0.05) is 36.4 Å². The molecule has 0 spiro atoms. The second-order valence-corrected chi connectivity index (χ2v) is 11.8. The molecule has 0 unspecified atom stereocenters. The fraction of sp³-hybridized carbons (Fsp3) is 0.480. The quantitative estimate of drug-likeness (QED) is 0.522. The highest BCUT2D eigenvalue weighted by Crippen LogP contribution is 2.31. The van der Waals surface area contributed by atoms with Crippen LogP contribution in [0.2, 0.25) is 0 Å². The van der Waals surface area contributed by atoms with E-state index in [0.717, 1.165) is 70.1 Å². The van der Waals surface area contributed by atoms with Gasteiger partial charge in [-0.15, -0.1) is 0 Å². The summed E-state index contributed by atoms with van der Waals surface area (Å²) in [5, 5.41) is 0. The van der Waals surface area contributed by atoms with Crippen LogP contribution in [0.25, 0.3) is 11.0 Å². The van der Waals surface area contributed by atoms with Crippen molar-refractivity contribution < 1.29 is 13.2 Å². The van der Waals surface area contributed by atoms with Gasteiger partial charge in [0, 0.05) is 45.2 Å². The fourth-order valence-electron chi connectivity index (χ4n) is 5.14. The number of sulfonamides is 1. The van der Waals surface area contributed by atoms with Crippen molar-refractivity contribution in [2.75, 3.05) is 32.7 Å². The van der Waals surface area contributed by atoms with Crippen molar-refractivity contribution in [3.8, 4) is 0 Å². The van der Waals surface area contributed by atoms with Crippen LogP contribution in [0.3, 0.4) is 0 Å². The molecule has 1 saturated heterocycles. The van der Waals surface area contributed by atoms with Crippen LogP contribution in [0.15, 0.2) is 53.4 Å². The molecule has 186 valence electrons. The second-order valence-electron chi connectivity index (χ2n) is 9.54. The topological polar surface area (TPSA) is 95.5 Å². The molecule has 5 rings (SSSR count). The molecule has 2 aliphatic rings. The van der Waals surface area contributed by atoms with Crippen molar-refractivity contribution in [2.24, 2.45) is 11.8 Å². The number of nitrogens with zero attached hydrogens (tertiary/aromatic N) is 4. The third-order valence-corrected chi connectivity index (χ3v) is 9.23. The molecule has 3 aromatic rings. The molecule has 0 atom stereocenters. The number of hydrogen-bond acceptors (Lipinski definition) is 7. The normalized spacial score (nSPS) is 21.9. The van der Waals surface area contributed by atoms with Gasteiger partial charge in [0.05, 0.1) is 11.7 Å². The summed E-state index contributed by atoms with van der Waals surface area (Å²) < 4.78 is 36.8. The van der Waals surface area contributed by atoms with E-state index in [1.807, 2.05) is 11.0 Å². The van der Waals surface area contributed by atoms with E-state index in [0.29, 0.717) is 17.6 Å². The lowest BCUT2D eigenvalue weighted by Gasteiger charge is -2.38. The molecule has 1 amide bonds. The van der Waals surface area contributed by atoms with Crippen LogP contribution in [0, 0.1) is 11.8 Å². The minimum atomic E-state index is -3.66. The predicted molar refractivity (Wildman–Crippen MR) is 136 cm³/mol. The van der Waals surface area contributed by atoms with E-state index in [-0.39, 0.29) is 22.6 Å². The number of nitrogens with one attached hydrogen (secondary N) is 1. The Morgan fingerprint density at radius 1 is 0.943 bits per heavy atom. The first-order chi connectivity index (χ1) is 17.0. The molecule has 2 fully saturated rings. The molecule has 2 heterocycles. The minimum Gasteiger partial charge on any atom is -0.340 e. The summed E-state index contributed by atoms with van der Waals surface area (Å²) in [6.07, 6.45) is 3.35. The lowest BCUT2D eigenvalue weighted by atomic mass is 9.81. The number of carbonyl (C=O) groups is 1. The van der Waals surface area contributed by atoms with Gasteiger partial charge in [-0.25, -0.2) is 13.1 Å². The van der Waals surface area contributed by atoms with E-state index in [1.54, 1.807) is 18.2 Å². The molecule has 1 aromatic heterocycles. The summed E-state index contributed by atoms with van der Waals surface area (Å²) in [5.74, 6) is 0.564. The first-order valence-electron chi connectivity index (χ1n) is 12.3. The number of aromatic nitrogens is 2. The Labute approximate surface area is 210 Å². The monoisotopic (exact) mass is 513 g/mol. The van der Waals surface area contributed by atoms with E-state index < -0.39 is 10.0 Å². The molecule has 1 aliphatic carbocycles. The van der Waals surface area contributed by atoms with Gasteiger partial charge in [-0.3, -0.25) is 9.69 Å². The molecule has 1 aliphatic heterocycles. The van der Waals surface area contributed by atoms with Crippen LogP contribution in [-0.2, 0) is 21.4 Å². The van der Waals surface area contributed by atoms with Gasteiger partial charge in [0.1, 0.15) is 15.9 Å². The number of fused-ring (bicyclic) bond motifs is 1. The smallest absolute Gasteiger partial charge is 0.242 e. The highest BCUT2D eigenvalue weighted by atomic mass is 32.2. The van der Waals surface area contributed by atoms with Gasteiger partial charge in [0.15, 0.2) is 0 Å². The van der Waals surface area contributed by atoms with Gasteiger partial charge in [-0.2, -0.15) is 8.75 Å². The average Bonchev–Trinajstić information content (AvgIpc) is 3.38. The van der Waals surface area contributed by atoms with Crippen LogP contribution in [-0.4, -0.2) is 65.6 Å². The third kappa shape index (κ3) is 5.72. The highest BCUT2D eigenvalue weighted by molar-refractivity contribution is 7.89. The van der Waals surface area contributed by atoms with E-state index in [4.69, 9.17) is 0 Å². The van der Waals surface area contributed by atoms with Crippen molar-refractivity contribution in [3.63, 3.8) is 0 Å². The number of amides is 1. The van der Waals surface area contributed by atoms with Gasteiger partial charge >= 0.3 is 0 Å². The molecule has 0 bridgehead atoms. The summed E-state index contributed by atoms with van der Waals surface area (Å²) in [6.45, 7) is 4.68. The molecule has 10 heteroatoms. The largest absolute Gasteiger partial charge is 0.340 e. The van der Waals surface area contributed by atoms with Crippen molar-refractivity contribution >= 4 is 38.7 Å². The lowest BCUT2D eigenvalue weighted by molar-refractivity contribution is -0.138. The van der Waals surface area contributed by atoms with Gasteiger partial charge < -0.3 is 4.90 Å². The second kappa shape index (κ2) is 10.7. The summed E-state index contributed by atoms with van der Waals surface area (Å²) >= 11 is 1.01. The van der Waals surface area contributed by atoms with Crippen LogP contribution in [0.4, 0.5) is 0 Å². The Morgan fingerprint density at radius 3 is 2.43 bits per heavy atom. The van der Waals surface area contributed by atoms with Gasteiger partial charge in [-0.05, 0) is 49.3 Å². The Kier molecular flexibility index (Phi) is 7.43. The maximum Gasteiger partial charge on any atom is 0.242 e. The van der Waals surface area contributed by atoms with E-state index in [1.165, 1.54) is 5.56 Å². The Morgan fingerprint density at radius 2 is 1.69 bits per heavy atom. The van der Waals surface area contributed by atoms with Gasteiger partial charge in [0.25, 0.3) is 0 Å². The van der Waals surface area contributed by atoms with Crippen molar-refractivity contribution in [1.82, 2.24) is 23.3 Å². The average molecular weight is 514 g/mol. The molecule has 2 aromatic carbocycles. The summed E-state index contributed by atoms with van der Waals surface area (Å²) in [7, 11) is -3.66. The van der Waals surface area contributed by atoms with E-state index >= 15 is 0 Å². The third-order valence-electron chi connectivity index (χ3n) is 7.23. The minimum absolute atomic E-state index is 0.0540. The lowest BCUT2D eigenvalue weighted by Crippen LogP contribution is -2.50. The van der Waals surface area contributed by atoms with E-state index in [2.05, 4.69) is 42.6 Å². The molecular formula is C25H31N5O3S2. The number of rotatable bonds is 7. The van der Waals surface area contributed by atoms with Crippen LogP contribution < -0.4 is 4.72 Å². The Hall–Kier alpha value is -2.40. The molecule has 1 N–H and O–H groups in total. The zero-order valence-electron chi connectivity index (χ0n) is 19.7. The van der Waals surface area contributed by atoms with Crippen molar-refractivity contribution in [2.45, 2.75) is 37.1 Å². The first kappa shape index (κ1) is 24.3. The van der Waals surface area contributed by atoms with Crippen LogP contribution >= 0.6 is 11.7 Å². The number of benzene rings is 2. The molecule has 0 radical (unpaired) electrons. The number of piperazine rings is 1. The zero-order valence-corrected chi connectivity index (χ0v) is 21.3. The standard InChI is InChI=1S/C25H31N5O3S2/c31-25(30-15-13-29(14-16-30)18-20-5-2-1-3-6-20)21-11-9-19(10-12-21)17-26-35(32,33)23-8-4-7-22-24(23)28-34-27-22/h1-8,19,21,26H,9-18H2. The summed E-state index contributed by atoms with van der Waals surface area (Å²) in [6, 6.07) is 15.5.